The summed E-state index contributed by atoms with van der Waals surface area (Å²) in [5, 5.41) is 0. The van der Waals surface area contributed by atoms with Crippen molar-refractivity contribution in [3.63, 3.8) is 0 Å². The molecule has 0 atom stereocenters. The summed E-state index contributed by atoms with van der Waals surface area (Å²) in [4.78, 5) is 0. The Labute approximate surface area is 137 Å². The standard InChI is InChI=1S/C21H13F3/c22-21(23,24)15-10-11-18-16-8-4-5-9-17(16)19(20(18)13-15)12-14-6-2-1-3-7-14/h1-13H/b19-12-. The SMILES string of the molecule is FC(F)(F)c1ccc2c(c1)/C(=C\c1ccccc1)c1ccccc1-2. The average molecular weight is 322 g/mol. The topological polar surface area (TPSA) is 0 Å². The van der Waals surface area contributed by atoms with E-state index in [4.69, 9.17) is 0 Å². The molecule has 0 aliphatic heterocycles. The molecule has 0 fully saturated rings. The Kier molecular flexibility index (Phi) is 3.31. The van der Waals surface area contributed by atoms with E-state index in [1.54, 1.807) is 6.07 Å². The van der Waals surface area contributed by atoms with Crippen LogP contribution in [0.15, 0.2) is 72.8 Å². The quantitative estimate of drug-likeness (QED) is 0.387. The minimum atomic E-state index is -4.35. The van der Waals surface area contributed by atoms with E-state index in [1.165, 1.54) is 6.07 Å². The van der Waals surface area contributed by atoms with E-state index in [-0.39, 0.29) is 0 Å². The summed E-state index contributed by atoms with van der Waals surface area (Å²) in [6.45, 7) is 0. The highest BCUT2D eigenvalue weighted by Gasteiger charge is 2.33. The molecule has 0 radical (unpaired) electrons. The van der Waals surface area contributed by atoms with Crippen LogP contribution < -0.4 is 0 Å². The molecular weight excluding hydrogens is 309 g/mol. The number of halogens is 3. The van der Waals surface area contributed by atoms with E-state index in [0.29, 0.717) is 5.56 Å². The van der Waals surface area contributed by atoms with Crippen LogP contribution in [0.1, 0.15) is 22.3 Å². The molecule has 0 amide bonds. The lowest BCUT2D eigenvalue weighted by Crippen LogP contribution is -2.05. The second-order valence-electron chi connectivity index (χ2n) is 5.77. The molecule has 1 aliphatic carbocycles. The summed E-state index contributed by atoms with van der Waals surface area (Å²) in [6.07, 6.45) is -2.40. The molecule has 0 aromatic heterocycles. The highest BCUT2D eigenvalue weighted by molar-refractivity contribution is 6.06. The van der Waals surface area contributed by atoms with Gasteiger partial charge in [-0.25, -0.2) is 0 Å². The van der Waals surface area contributed by atoms with Crippen LogP contribution in [0.3, 0.4) is 0 Å². The van der Waals surface area contributed by atoms with E-state index < -0.39 is 11.7 Å². The zero-order valence-electron chi connectivity index (χ0n) is 12.6. The van der Waals surface area contributed by atoms with Gasteiger partial charge in [-0.1, -0.05) is 60.7 Å². The van der Waals surface area contributed by atoms with Crippen LogP contribution in [0.25, 0.3) is 22.8 Å². The highest BCUT2D eigenvalue weighted by atomic mass is 19.4. The fourth-order valence-corrected chi connectivity index (χ4v) is 3.15. The number of alkyl halides is 3. The van der Waals surface area contributed by atoms with Crippen molar-refractivity contribution in [2.24, 2.45) is 0 Å². The summed E-state index contributed by atoms with van der Waals surface area (Å²) in [7, 11) is 0. The van der Waals surface area contributed by atoms with Crippen LogP contribution in [0, 0.1) is 0 Å². The summed E-state index contributed by atoms with van der Waals surface area (Å²) >= 11 is 0. The molecule has 24 heavy (non-hydrogen) atoms. The van der Waals surface area contributed by atoms with Gasteiger partial charge in [-0.2, -0.15) is 13.2 Å². The number of hydrogen-bond acceptors (Lipinski definition) is 0. The van der Waals surface area contributed by atoms with E-state index in [9.17, 15) is 13.2 Å². The van der Waals surface area contributed by atoms with Crippen molar-refractivity contribution in [1.82, 2.24) is 0 Å². The van der Waals surface area contributed by atoms with Crippen LogP contribution in [0.4, 0.5) is 13.2 Å². The van der Waals surface area contributed by atoms with Crippen LogP contribution in [-0.2, 0) is 6.18 Å². The first-order valence-corrected chi connectivity index (χ1v) is 7.62. The van der Waals surface area contributed by atoms with Crippen molar-refractivity contribution in [2.75, 3.05) is 0 Å². The third-order valence-corrected chi connectivity index (χ3v) is 4.26. The van der Waals surface area contributed by atoms with Crippen molar-refractivity contribution in [2.45, 2.75) is 6.18 Å². The molecule has 1 aliphatic rings. The lowest BCUT2D eigenvalue weighted by Gasteiger charge is -2.09. The second-order valence-corrected chi connectivity index (χ2v) is 5.77. The highest BCUT2D eigenvalue weighted by Crippen LogP contribution is 2.46. The van der Waals surface area contributed by atoms with Crippen molar-refractivity contribution in [1.29, 1.82) is 0 Å². The lowest BCUT2D eigenvalue weighted by molar-refractivity contribution is -0.137. The molecule has 0 N–H and O–H groups in total. The van der Waals surface area contributed by atoms with E-state index >= 15 is 0 Å². The number of fused-ring (bicyclic) bond motifs is 3. The normalized spacial score (nSPS) is 14.5. The smallest absolute Gasteiger partial charge is 0.166 e. The molecular formula is C21H13F3. The maximum atomic E-state index is 13.1. The Morgan fingerprint density at radius 2 is 1.25 bits per heavy atom. The Morgan fingerprint density at radius 3 is 1.96 bits per heavy atom. The van der Waals surface area contributed by atoms with Gasteiger partial charge in [0.05, 0.1) is 5.56 Å². The molecule has 0 nitrogen and oxygen atoms in total. The van der Waals surface area contributed by atoms with E-state index in [2.05, 4.69) is 0 Å². The molecule has 3 aromatic carbocycles. The lowest BCUT2D eigenvalue weighted by atomic mass is 9.99. The predicted molar refractivity (Wildman–Crippen MR) is 90.3 cm³/mol. The summed E-state index contributed by atoms with van der Waals surface area (Å²) in [5.74, 6) is 0. The van der Waals surface area contributed by atoms with Gasteiger partial charge in [0.1, 0.15) is 0 Å². The number of benzene rings is 3. The molecule has 0 spiro atoms. The molecule has 0 saturated heterocycles. The Morgan fingerprint density at radius 1 is 0.625 bits per heavy atom. The molecule has 0 saturated carbocycles. The van der Waals surface area contributed by atoms with Gasteiger partial charge >= 0.3 is 6.18 Å². The van der Waals surface area contributed by atoms with Gasteiger partial charge in [-0.15, -0.1) is 0 Å². The zero-order valence-corrected chi connectivity index (χ0v) is 12.6. The first-order chi connectivity index (χ1) is 11.5. The second kappa shape index (κ2) is 5.38. The largest absolute Gasteiger partial charge is 0.416 e. The summed E-state index contributed by atoms with van der Waals surface area (Å²) in [5.41, 5.74) is 4.60. The molecule has 3 aromatic rings. The molecule has 0 unspecified atom stereocenters. The van der Waals surface area contributed by atoms with Crippen LogP contribution in [-0.4, -0.2) is 0 Å². The third-order valence-electron chi connectivity index (χ3n) is 4.26. The fourth-order valence-electron chi connectivity index (χ4n) is 3.15. The van der Waals surface area contributed by atoms with Crippen molar-refractivity contribution in [3.8, 4) is 11.1 Å². The number of rotatable bonds is 1. The zero-order chi connectivity index (χ0) is 16.7. The first kappa shape index (κ1) is 14.8. The molecule has 118 valence electrons. The Hall–Kier alpha value is -2.81. The van der Waals surface area contributed by atoms with Gasteiger partial charge in [-0.05, 0) is 51.6 Å². The van der Waals surface area contributed by atoms with E-state index in [1.807, 2.05) is 60.7 Å². The monoisotopic (exact) mass is 322 g/mol. The first-order valence-electron chi connectivity index (χ1n) is 7.62. The summed E-state index contributed by atoms with van der Waals surface area (Å²) in [6, 6.07) is 21.3. The summed E-state index contributed by atoms with van der Waals surface area (Å²) < 4.78 is 39.4. The maximum absolute atomic E-state index is 13.1. The fraction of sp³-hybridized carbons (Fsp3) is 0.0476. The van der Waals surface area contributed by atoms with Gasteiger partial charge in [0.15, 0.2) is 0 Å². The van der Waals surface area contributed by atoms with Gasteiger partial charge in [-0.3, -0.25) is 0 Å². The minimum Gasteiger partial charge on any atom is -0.166 e. The Bertz CT molecular complexity index is 935. The molecule has 0 bridgehead atoms. The van der Waals surface area contributed by atoms with E-state index in [0.717, 1.165) is 33.9 Å². The Balaban J connectivity index is 1.96. The van der Waals surface area contributed by atoms with Gasteiger partial charge in [0.25, 0.3) is 0 Å². The molecule has 0 heterocycles. The number of hydrogen-bond donors (Lipinski definition) is 0. The molecule has 3 heteroatoms. The maximum Gasteiger partial charge on any atom is 0.416 e. The van der Waals surface area contributed by atoms with Crippen LogP contribution in [0.5, 0.6) is 0 Å². The van der Waals surface area contributed by atoms with Crippen molar-refractivity contribution >= 4 is 11.6 Å². The van der Waals surface area contributed by atoms with Crippen molar-refractivity contribution in [3.05, 3.63) is 95.1 Å². The molecule has 4 rings (SSSR count). The predicted octanol–water partition coefficient (Wildman–Crippen LogP) is 6.27. The average Bonchev–Trinajstić information content (AvgIpc) is 2.89. The van der Waals surface area contributed by atoms with Gasteiger partial charge in [0, 0.05) is 0 Å². The van der Waals surface area contributed by atoms with Crippen LogP contribution >= 0.6 is 0 Å². The van der Waals surface area contributed by atoms with Crippen LogP contribution in [0.2, 0.25) is 0 Å². The third kappa shape index (κ3) is 2.42. The van der Waals surface area contributed by atoms with Crippen molar-refractivity contribution < 1.29 is 13.2 Å². The van der Waals surface area contributed by atoms with Gasteiger partial charge in [0.2, 0.25) is 0 Å². The minimum absolute atomic E-state index is 0.618. The van der Waals surface area contributed by atoms with Gasteiger partial charge < -0.3 is 0 Å².